The van der Waals surface area contributed by atoms with E-state index in [1.54, 1.807) is 0 Å². The number of furan rings is 1. The van der Waals surface area contributed by atoms with E-state index < -0.39 is 5.41 Å². The average molecular weight is 756 g/mol. The highest BCUT2D eigenvalue weighted by atomic mass is 16.3. The largest absolute Gasteiger partial charge is 0.456 e. The fourth-order valence-corrected chi connectivity index (χ4v) is 10.2. The number of hydrogen-bond donors (Lipinski definition) is 0. The van der Waals surface area contributed by atoms with Gasteiger partial charge in [0.1, 0.15) is 11.2 Å². The van der Waals surface area contributed by atoms with Crippen LogP contribution in [0.25, 0.3) is 78.4 Å². The molecule has 0 aliphatic heterocycles. The quantitative estimate of drug-likeness (QED) is 0.179. The molecule has 8 aromatic carbocycles. The first-order chi connectivity index (χ1) is 29.0. The van der Waals surface area contributed by atoms with Crippen molar-refractivity contribution in [2.75, 3.05) is 0 Å². The van der Waals surface area contributed by atoms with Gasteiger partial charge in [0.2, 0.25) is 0 Å². The Balaban J connectivity index is 1.12. The third kappa shape index (κ3) is 4.80. The molecule has 0 bridgehead atoms. The monoisotopic (exact) mass is 755 g/mol. The van der Waals surface area contributed by atoms with Gasteiger partial charge in [-0.15, -0.1) is 0 Å². The van der Waals surface area contributed by atoms with Crippen molar-refractivity contribution in [1.82, 2.24) is 15.0 Å². The van der Waals surface area contributed by atoms with Gasteiger partial charge in [-0.05, 0) is 79.9 Å². The Morgan fingerprint density at radius 1 is 0.356 bits per heavy atom. The number of aromatic nitrogens is 3. The highest BCUT2D eigenvalue weighted by Crippen LogP contribution is 2.62. The van der Waals surface area contributed by atoms with E-state index in [-0.39, 0.29) is 5.41 Å². The molecule has 278 valence electrons. The topological polar surface area (TPSA) is 51.8 Å². The second-order valence-electron chi connectivity index (χ2n) is 16.3. The lowest BCUT2D eigenvalue weighted by atomic mass is 9.55. The van der Waals surface area contributed by atoms with E-state index in [4.69, 9.17) is 19.4 Å². The number of hydrogen-bond acceptors (Lipinski definition) is 4. The molecular formula is C55H37N3O. The van der Waals surface area contributed by atoms with Gasteiger partial charge in [0.15, 0.2) is 17.5 Å². The van der Waals surface area contributed by atoms with Gasteiger partial charge < -0.3 is 4.42 Å². The molecule has 0 radical (unpaired) electrons. The van der Waals surface area contributed by atoms with Crippen LogP contribution in [-0.4, -0.2) is 15.0 Å². The average Bonchev–Trinajstić information content (AvgIpc) is 3.82. The highest BCUT2D eigenvalue weighted by molar-refractivity contribution is 6.12. The predicted octanol–water partition coefficient (Wildman–Crippen LogP) is 13.4. The molecular weight excluding hydrogens is 719 g/mol. The van der Waals surface area contributed by atoms with Crippen LogP contribution in [0.4, 0.5) is 0 Å². The van der Waals surface area contributed by atoms with E-state index in [1.165, 1.54) is 44.5 Å². The normalized spacial score (nSPS) is 14.2. The molecule has 0 amide bonds. The maximum atomic E-state index is 6.94. The van der Waals surface area contributed by atoms with E-state index in [1.807, 2.05) is 30.3 Å². The molecule has 0 unspecified atom stereocenters. The Bertz CT molecular complexity index is 3260. The van der Waals surface area contributed by atoms with Gasteiger partial charge in [0.25, 0.3) is 0 Å². The summed E-state index contributed by atoms with van der Waals surface area (Å²) >= 11 is 0. The first-order valence-electron chi connectivity index (χ1n) is 20.3. The zero-order chi connectivity index (χ0) is 39.3. The third-order valence-electron chi connectivity index (χ3n) is 12.8. The molecule has 0 saturated carbocycles. The third-order valence-corrected chi connectivity index (χ3v) is 12.8. The summed E-state index contributed by atoms with van der Waals surface area (Å²) in [6, 6.07) is 67.0. The summed E-state index contributed by atoms with van der Waals surface area (Å²) in [4.78, 5) is 15.6. The molecule has 2 aromatic heterocycles. The maximum absolute atomic E-state index is 6.94. The minimum Gasteiger partial charge on any atom is -0.456 e. The van der Waals surface area contributed by atoms with E-state index in [0.29, 0.717) is 17.5 Å². The van der Waals surface area contributed by atoms with Crippen LogP contribution in [0.2, 0.25) is 0 Å². The molecule has 0 fully saturated rings. The van der Waals surface area contributed by atoms with Crippen LogP contribution in [0.3, 0.4) is 0 Å². The van der Waals surface area contributed by atoms with Crippen LogP contribution < -0.4 is 0 Å². The number of fused-ring (bicyclic) bond motifs is 12. The fourth-order valence-electron chi connectivity index (χ4n) is 10.2. The lowest BCUT2D eigenvalue weighted by Gasteiger charge is -2.46. The van der Waals surface area contributed by atoms with E-state index >= 15 is 0 Å². The van der Waals surface area contributed by atoms with Crippen molar-refractivity contribution in [3.63, 3.8) is 0 Å². The summed E-state index contributed by atoms with van der Waals surface area (Å²) in [6.45, 7) is 4.74. The minimum absolute atomic E-state index is 0.305. The summed E-state index contributed by atoms with van der Waals surface area (Å²) in [6.07, 6.45) is 0. The minimum atomic E-state index is -0.507. The van der Waals surface area contributed by atoms with Crippen LogP contribution in [0.5, 0.6) is 0 Å². The summed E-state index contributed by atoms with van der Waals surface area (Å²) in [5.74, 6) is 1.84. The van der Waals surface area contributed by atoms with Gasteiger partial charge in [-0.3, -0.25) is 0 Å². The zero-order valence-corrected chi connectivity index (χ0v) is 32.6. The molecule has 0 saturated heterocycles. The Labute approximate surface area is 342 Å². The fraction of sp³-hybridized carbons (Fsp3) is 0.0727. The second kappa shape index (κ2) is 12.5. The van der Waals surface area contributed by atoms with Crippen LogP contribution in [-0.2, 0) is 10.8 Å². The Hall–Kier alpha value is -7.43. The summed E-state index contributed by atoms with van der Waals surface area (Å²) in [5.41, 5.74) is 16.2. The van der Waals surface area contributed by atoms with E-state index in [2.05, 4.69) is 172 Å². The summed E-state index contributed by atoms with van der Waals surface area (Å²) < 4.78 is 6.94. The Kier molecular flexibility index (Phi) is 7.16. The van der Waals surface area contributed by atoms with Crippen molar-refractivity contribution in [2.45, 2.75) is 24.7 Å². The Morgan fingerprint density at radius 3 is 1.59 bits per heavy atom. The lowest BCUT2D eigenvalue weighted by molar-refractivity contribution is 0.562. The summed E-state index contributed by atoms with van der Waals surface area (Å²) in [5, 5.41) is 2.04. The maximum Gasteiger partial charge on any atom is 0.164 e. The predicted molar refractivity (Wildman–Crippen MR) is 238 cm³/mol. The SMILES string of the molecule is CC1(C)c2ccccc2C2(c3ccccc3-c3ccccc32)c2cc3oc4cccc(-c5nc(-c6ccccc6)nc(-c6cccc(-c7ccccc7)c6)n5)c4c3cc21. The van der Waals surface area contributed by atoms with Crippen LogP contribution in [0.15, 0.2) is 192 Å². The molecule has 0 atom stereocenters. The molecule has 4 nitrogen and oxygen atoms in total. The molecule has 4 heteroatoms. The Morgan fingerprint density at radius 2 is 0.881 bits per heavy atom. The molecule has 59 heavy (non-hydrogen) atoms. The molecule has 10 aromatic rings. The first-order valence-corrected chi connectivity index (χ1v) is 20.3. The first kappa shape index (κ1) is 33.7. The standard InChI is InChI=1S/C55H37N3O/c1-54(2)44-28-13-14-29-45(44)55(42-26-11-9-23-38(42)39-24-10-12-27-43(39)55)47-33-49-41(32-46(47)54)50-40(25-16-30-48(50)59-49)53-57-51(35-19-7-4-8-20-35)56-52(58-53)37-22-15-21-36(31-37)34-17-5-3-6-18-34/h3-33H,1-2H3. The van der Waals surface area contributed by atoms with Crippen molar-refractivity contribution in [1.29, 1.82) is 0 Å². The molecule has 0 N–H and O–H groups in total. The van der Waals surface area contributed by atoms with E-state index in [9.17, 15) is 0 Å². The van der Waals surface area contributed by atoms with Crippen molar-refractivity contribution >= 4 is 21.9 Å². The van der Waals surface area contributed by atoms with Crippen molar-refractivity contribution in [2.24, 2.45) is 0 Å². The van der Waals surface area contributed by atoms with Crippen molar-refractivity contribution in [3.8, 4) is 56.4 Å². The second-order valence-corrected chi connectivity index (χ2v) is 16.3. The van der Waals surface area contributed by atoms with Gasteiger partial charge in [0, 0.05) is 32.9 Å². The lowest BCUT2D eigenvalue weighted by Crippen LogP contribution is -2.40. The van der Waals surface area contributed by atoms with Crippen LogP contribution in [0.1, 0.15) is 47.2 Å². The van der Waals surface area contributed by atoms with Gasteiger partial charge in [-0.1, -0.05) is 178 Å². The molecule has 1 spiro atoms. The van der Waals surface area contributed by atoms with Crippen molar-refractivity contribution in [3.05, 3.63) is 221 Å². The highest BCUT2D eigenvalue weighted by Gasteiger charge is 2.53. The molecule has 12 rings (SSSR count). The van der Waals surface area contributed by atoms with Crippen molar-refractivity contribution < 1.29 is 4.42 Å². The number of rotatable bonds is 4. The number of nitrogens with zero attached hydrogens (tertiary/aromatic N) is 3. The van der Waals surface area contributed by atoms with Crippen LogP contribution in [0, 0.1) is 0 Å². The van der Waals surface area contributed by atoms with Gasteiger partial charge in [0.05, 0.1) is 5.41 Å². The summed E-state index contributed by atoms with van der Waals surface area (Å²) in [7, 11) is 0. The van der Waals surface area contributed by atoms with Gasteiger partial charge in [-0.2, -0.15) is 0 Å². The van der Waals surface area contributed by atoms with Gasteiger partial charge >= 0.3 is 0 Å². The number of benzene rings is 8. The molecule has 2 aliphatic rings. The molecule has 2 heterocycles. The zero-order valence-electron chi connectivity index (χ0n) is 32.6. The molecule has 2 aliphatic carbocycles. The van der Waals surface area contributed by atoms with E-state index in [0.717, 1.165) is 49.8 Å². The van der Waals surface area contributed by atoms with Gasteiger partial charge in [-0.25, -0.2) is 15.0 Å². The smallest absolute Gasteiger partial charge is 0.164 e. The van der Waals surface area contributed by atoms with Crippen LogP contribution >= 0.6 is 0 Å².